The Morgan fingerprint density at radius 3 is 2.51 bits per heavy atom. The Bertz CT molecular complexity index is 1140. The Morgan fingerprint density at radius 1 is 1.00 bits per heavy atom. The molecule has 2 aromatic carbocycles. The molecule has 1 aromatic heterocycles. The van der Waals surface area contributed by atoms with E-state index < -0.39 is 0 Å². The zero-order valence-corrected chi connectivity index (χ0v) is 20.9. The lowest BCUT2D eigenvalue weighted by molar-refractivity contribution is -0.134. The van der Waals surface area contributed by atoms with Gasteiger partial charge in [0.25, 0.3) is 0 Å². The molecule has 0 radical (unpaired) electrons. The number of piperazine rings is 1. The minimum absolute atomic E-state index is 0.161. The van der Waals surface area contributed by atoms with E-state index in [1.165, 1.54) is 5.56 Å². The summed E-state index contributed by atoms with van der Waals surface area (Å²) in [4.78, 5) is 29.4. The van der Waals surface area contributed by atoms with Gasteiger partial charge in [-0.25, -0.2) is 9.97 Å². The Kier molecular flexibility index (Phi) is 7.25. The number of carbonyl (C=O) groups excluding carboxylic acids is 1. The van der Waals surface area contributed by atoms with Gasteiger partial charge >= 0.3 is 0 Å². The minimum Gasteiger partial charge on any atom is -0.369 e. The van der Waals surface area contributed by atoms with Gasteiger partial charge in [0, 0.05) is 44.0 Å². The molecule has 2 atom stereocenters. The van der Waals surface area contributed by atoms with Crippen LogP contribution in [-0.2, 0) is 11.3 Å². The molecule has 7 heteroatoms. The maximum atomic E-state index is 13.0. The third-order valence-electron chi connectivity index (χ3n) is 7.11. The molecule has 1 amide bonds. The average molecular weight is 473 g/mol. The third-order valence-corrected chi connectivity index (χ3v) is 7.11. The van der Waals surface area contributed by atoms with E-state index >= 15 is 0 Å². The normalized spacial score (nSPS) is 20.4. The van der Waals surface area contributed by atoms with Gasteiger partial charge < -0.3 is 15.1 Å². The van der Waals surface area contributed by atoms with E-state index in [4.69, 9.17) is 9.97 Å². The van der Waals surface area contributed by atoms with Crippen LogP contribution >= 0.6 is 0 Å². The highest BCUT2D eigenvalue weighted by Gasteiger charge is 2.45. The maximum absolute atomic E-state index is 13.0. The highest BCUT2D eigenvalue weighted by molar-refractivity contribution is 5.89. The van der Waals surface area contributed by atoms with Crippen molar-refractivity contribution in [2.45, 2.75) is 25.3 Å². The van der Waals surface area contributed by atoms with Crippen molar-refractivity contribution >= 4 is 22.6 Å². The van der Waals surface area contributed by atoms with E-state index in [0.717, 1.165) is 74.7 Å². The first-order valence-electron chi connectivity index (χ1n) is 12.8. The molecule has 2 fully saturated rings. The largest absolute Gasteiger partial charge is 0.369 e. The number of nitrogens with one attached hydrogen (secondary N) is 1. The van der Waals surface area contributed by atoms with Crippen LogP contribution in [0.25, 0.3) is 10.9 Å². The zero-order chi connectivity index (χ0) is 24.2. The summed E-state index contributed by atoms with van der Waals surface area (Å²) >= 11 is 0. The number of rotatable bonds is 9. The molecule has 1 saturated heterocycles. The summed E-state index contributed by atoms with van der Waals surface area (Å²) in [5.74, 6) is 2.64. The van der Waals surface area contributed by atoms with Gasteiger partial charge in [0.2, 0.25) is 5.91 Å². The second-order valence-electron chi connectivity index (χ2n) is 10.1. The second-order valence-corrected chi connectivity index (χ2v) is 10.1. The zero-order valence-electron chi connectivity index (χ0n) is 20.9. The van der Waals surface area contributed by atoms with Crippen LogP contribution in [0.1, 0.15) is 30.1 Å². The van der Waals surface area contributed by atoms with Gasteiger partial charge in [-0.2, -0.15) is 0 Å². The first-order valence-corrected chi connectivity index (χ1v) is 12.8. The molecule has 184 valence electrons. The SMILES string of the molecule is CN(C)CCCNc1nc(CN2CCN(C(=O)[C@@H]3C[C@H]3c3ccccc3)CC2)nc2ccccc12. The molecule has 1 N–H and O–H groups in total. The molecule has 0 spiro atoms. The van der Waals surface area contributed by atoms with Crippen molar-refractivity contribution in [1.29, 1.82) is 0 Å². The number of fused-ring (bicyclic) bond motifs is 1. The lowest BCUT2D eigenvalue weighted by Gasteiger charge is -2.34. The summed E-state index contributed by atoms with van der Waals surface area (Å²) in [6.07, 6.45) is 2.04. The van der Waals surface area contributed by atoms with Gasteiger partial charge in [-0.05, 0) is 57.1 Å². The standard InChI is InChI=1S/C28H36N6O/c1-32(2)14-8-13-29-27-22-11-6-7-12-25(22)30-26(31-27)20-33-15-17-34(18-16-33)28(35)24-19-23(24)21-9-4-3-5-10-21/h3-7,9-12,23-24H,8,13-20H2,1-2H3,(H,29,30,31)/t23-,24+/m0/s1. The van der Waals surface area contributed by atoms with Gasteiger partial charge in [0.15, 0.2) is 0 Å². The van der Waals surface area contributed by atoms with Crippen LogP contribution in [0.2, 0.25) is 0 Å². The van der Waals surface area contributed by atoms with E-state index in [9.17, 15) is 4.79 Å². The Balaban J connectivity index is 1.17. The monoisotopic (exact) mass is 472 g/mol. The third kappa shape index (κ3) is 5.80. The summed E-state index contributed by atoms with van der Waals surface area (Å²) in [6, 6.07) is 18.6. The highest BCUT2D eigenvalue weighted by atomic mass is 16.2. The second kappa shape index (κ2) is 10.7. The molecule has 2 heterocycles. The quantitative estimate of drug-likeness (QED) is 0.482. The molecular formula is C28H36N6O. The van der Waals surface area contributed by atoms with Crippen molar-refractivity contribution in [3.05, 3.63) is 66.0 Å². The topological polar surface area (TPSA) is 64.6 Å². The van der Waals surface area contributed by atoms with Gasteiger partial charge in [-0.3, -0.25) is 9.69 Å². The van der Waals surface area contributed by atoms with Gasteiger partial charge in [0.05, 0.1) is 12.1 Å². The summed E-state index contributed by atoms with van der Waals surface area (Å²) in [5.41, 5.74) is 2.27. The molecule has 35 heavy (non-hydrogen) atoms. The minimum atomic E-state index is 0.161. The number of para-hydroxylation sites is 1. The lowest BCUT2D eigenvalue weighted by Crippen LogP contribution is -2.49. The van der Waals surface area contributed by atoms with E-state index in [-0.39, 0.29) is 5.92 Å². The molecule has 1 aliphatic carbocycles. The van der Waals surface area contributed by atoms with Crippen LogP contribution in [-0.4, -0.2) is 83.9 Å². The Hall–Kier alpha value is -3.03. The van der Waals surface area contributed by atoms with Crippen molar-refractivity contribution in [3.8, 4) is 0 Å². The number of hydrogen-bond donors (Lipinski definition) is 1. The number of aromatic nitrogens is 2. The van der Waals surface area contributed by atoms with Crippen LogP contribution in [0.4, 0.5) is 5.82 Å². The van der Waals surface area contributed by atoms with Crippen LogP contribution in [0.5, 0.6) is 0 Å². The van der Waals surface area contributed by atoms with E-state index in [1.54, 1.807) is 0 Å². The van der Waals surface area contributed by atoms with Crippen molar-refractivity contribution in [2.75, 3.05) is 58.7 Å². The summed E-state index contributed by atoms with van der Waals surface area (Å²) in [5, 5.41) is 4.59. The smallest absolute Gasteiger partial charge is 0.226 e. The fourth-order valence-electron chi connectivity index (χ4n) is 5.03. The number of nitrogens with zero attached hydrogens (tertiary/aromatic N) is 5. The fraction of sp³-hybridized carbons (Fsp3) is 0.464. The average Bonchev–Trinajstić information content (AvgIpc) is 3.68. The van der Waals surface area contributed by atoms with Crippen LogP contribution in [0.3, 0.4) is 0 Å². The molecule has 1 aliphatic heterocycles. The molecule has 2 aliphatic rings. The fourth-order valence-corrected chi connectivity index (χ4v) is 5.03. The van der Waals surface area contributed by atoms with Crippen molar-refractivity contribution in [3.63, 3.8) is 0 Å². The van der Waals surface area contributed by atoms with Gasteiger partial charge in [-0.1, -0.05) is 42.5 Å². The molecule has 7 nitrogen and oxygen atoms in total. The van der Waals surface area contributed by atoms with E-state index in [2.05, 4.69) is 70.5 Å². The first-order chi connectivity index (χ1) is 17.1. The molecule has 0 unspecified atom stereocenters. The summed E-state index contributed by atoms with van der Waals surface area (Å²) < 4.78 is 0. The molecule has 1 saturated carbocycles. The predicted octanol–water partition coefficient (Wildman–Crippen LogP) is 3.44. The number of amides is 1. The summed E-state index contributed by atoms with van der Waals surface area (Å²) in [6.45, 7) is 5.89. The Labute approximate surface area is 208 Å². The number of anilines is 1. The molecular weight excluding hydrogens is 436 g/mol. The molecule has 0 bridgehead atoms. The van der Waals surface area contributed by atoms with Gasteiger partial charge in [-0.15, -0.1) is 0 Å². The number of hydrogen-bond acceptors (Lipinski definition) is 6. The van der Waals surface area contributed by atoms with Crippen LogP contribution in [0, 0.1) is 5.92 Å². The maximum Gasteiger partial charge on any atom is 0.226 e. The predicted molar refractivity (Wildman–Crippen MR) is 140 cm³/mol. The highest BCUT2D eigenvalue weighted by Crippen LogP contribution is 2.48. The lowest BCUT2D eigenvalue weighted by atomic mass is 10.1. The van der Waals surface area contributed by atoms with Crippen LogP contribution in [0.15, 0.2) is 54.6 Å². The first kappa shape index (κ1) is 23.7. The van der Waals surface area contributed by atoms with E-state index in [0.29, 0.717) is 18.4 Å². The van der Waals surface area contributed by atoms with Crippen molar-refractivity contribution in [1.82, 2.24) is 24.7 Å². The van der Waals surface area contributed by atoms with Crippen molar-refractivity contribution in [2.24, 2.45) is 5.92 Å². The van der Waals surface area contributed by atoms with Crippen LogP contribution < -0.4 is 5.32 Å². The molecule has 5 rings (SSSR count). The van der Waals surface area contributed by atoms with Gasteiger partial charge in [0.1, 0.15) is 11.6 Å². The van der Waals surface area contributed by atoms with E-state index in [1.807, 2.05) is 18.2 Å². The summed E-state index contributed by atoms with van der Waals surface area (Å²) in [7, 11) is 4.19. The number of benzene rings is 2. The number of carbonyl (C=O) groups is 1. The van der Waals surface area contributed by atoms with Crippen molar-refractivity contribution < 1.29 is 4.79 Å². The Morgan fingerprint density at radius 2 is 1.74 bits per heavy atom. The molecule has 3 aromatic rings.